The number of thiocarbonyl (C=S) groups is 1. The second kappa shape index (κ2) is 5.82. The molecule has 19 heavy (non-hydrogen) atoms. The zero-order valence-corrected chi connectivity index (χ0v) is 14.1. The van der Waals surface area contributed by atoms with E-state index in [1.165, 1.54) is 0 Å². The van der Waals surface area contributed by atoms with Gasteiger partial charge in [-0.1, -0.05) is 12.2 Å². The molecule has 2 N–H and O–H groups in total. The molecule has 108 valence electrons. The molecule has 6 heteroatoms. The lowest BCUT2D eigenvalue weighted by Crippen LogP contribution is -2.54. The van der Waals surface area contributed by atoms with Crippen molar-refractivity contribution < 1.29 is 4.79 Å². The van der Waals surface area contributed by atoms with Crippen molar-refractivity contribution >= 4 is 46.6 Å². The number of rotatable bonds is 3. The summed E-state index contributed by atoms with van der Waals surface area (Å²) in [6.45, 7) is 3.66. The van der Waals surface area contributed by atoms with E-state index in [9.17, 15) is 4.79 Å². The number of thioether (sulfide) groups is 2. The highest BCUT2D eigenvalue weighted by Gasteiger charge is 2.44. The van der Waals surface area contributed by atoms with Crippen LogP contribution in [0.1, 0.15) is 32.6 Å². The first-order valence-corrected chi connectivity index (χ1v) is 9.34. The fourth-order valence-corrected chi connectivity index (χ4v) is 5.43. The van der Waals surface area contributed by atoms with Crippen LogP contribution in [-0.4, -0.2) is 50.4 Å². The number of hydrogen-bond donors (Lipinski definition) is 1. The monoisotopic (exact) mass is 318 g/mol. The predicted molar refractivity (Wildman–Crippen MR) is 88.9 cm³/mol. The Bertz CT molecular complexity index is 372. The maximum atomic E-state index is 12.6. The van der Waals surface area contributed by atoms with E-state index >= 15 is 0 Å². The highest BCUT2D eigenvalue weighted by atomic mass is 32.2. The molecule has 0 radical (unpaired) electrons. The number of amides is 1. The Morgan fingerprint density at radius 3 is 2.42 bits per heavy atom. The summed E-state index contributed by atoms with van der Waals surface area (Å²) in [4.78, 5) is 15.2. The molecule has 1 atom stereocenters. The summed E-state index contributed by atoms with van der Waals surface area (Å²) in [6, 6.07) is 0. The summed E-state index contributed by atoms with van der Waals surface area (Å²) < 4.78 is -0.293. The van der Waals surface area contributed by atoms with Crippen LogP contribution < -0.4 is 5.73 Å². The fourth-order valence-electron chi connectivity index (χ4n) is 2.90. The van der Waals surface area contributed by atoms with Gasteiger partial charge in [-0.3, -0.25) is 4.79 Å². The van der Waals surface area contributed by atoms with Gasteiger partial charge >= 0.3 is 0 Å². The quantitative estimate of drug-likeness (QED) is 0.809. The molecule has 2 aliphatic rings. The minimum atomic E-state index is -0.192. The number of carbonyl (C=O) groups excluding carboxylic acids is 1. The van der Waals surface area contributed by atoms with Crippen LogP contribution in [-0.2, 0) is 4.79 Å². The zero-order chi connectivity index (χ0) is 14.1. The van der Waals surface area contributed by atoms with Gasteiger partial charge in [-0.2, -0.15) is 11.8 Å². The van der Waals surface area contributed by atoms with Gasteiger partial charge in [0.25, 0.3) is 0 Å². The van der Waals surface area contributed by atoms with Crippen LogP contribution in [0.25, 0.3) is 0 Å². The van der Waals surface area contributed by atoms with Crippen molar-refractivity contribution in [1.82, 2.24) is 4.90 Å². The van der Waals surface area contributed by atoms with Crippen molar-refractivity contribution in [2.75, 3.05) is 25.1 Å². The number of likely N-dealkylation sites (tertiary alicyclic amines) is 1. The van der Waals surface area contributed by atoms with E-state index in [1.807, 2.05) is 16.7 Å². The van der Waals surface area contributed by atoms with E-state index in [2.05, 4.69) is 13.2 Å². The molecule has 0 spiro atoms. The molecular weight excluding hydrogens is 296 g/mol. The third-order valence-electron chi connectivity index (χ3n) is 4.37. The normalized spacial score (nSPS) is 30.3. The van der Waals surface area contributed by atoms with Gasteiger partial charge in [0.15, 0.2) is 0 Å². The van der Waals surface area contributed by atoms with E-state index in [0.717, 1.165) is 44.5 Å². The molecule has 0 bridgehead atoms. The van der Waals surface area contributed by atoms with E-state index < -0.39 is 0 Å². The lowest BCUT2D eigenvalue weighted by molar-refractivity contribution is -0.134. The fraction of sp³-hybridized carbons (Fsp3) is 0.846. The van der Waals surface area contributed by atoms with Crippen molar-refractivity contribution in [2.24, 2.45) is 5.73 Å². The largest absolute Gasteiger partial charge is 0.392 e. The van der Waals surface area contributed by atoms with Crippen LogP contribution in [0.15, 0.2) is 0 Å². The van der Waals surface area contributed by atoms with Gasteiger partial charge in [0, 0.05) is 13.1 Å². The number of piperidine rings is 1. The molecule has 1 unspecified atom stereocenters. The Kier molecular flexibility index (Phi) is 4.73. The van der Waals surface area contributed by atoms with Crippen molar-refractivity contribution in [2.45, 2.75) is 42.1 Å². The highest BCUT2D eigenvalue weighted by molar-refractivity contribution is 8.02. The first-order chi connectivity index (χ1) is 8.93. The lowest BCUT2D eigenvalue weighted by Gasteiger charge is -2.42. The SMILES string of the molecule is CSC1(C(N)=S)CCN(C(=O)C2(C)CCCS2)CC1. The molecule has 3 nitrogen and oxygen atoms in total. The van der Waals surface area contributed by atoms with E-state index in [4.69, 9.17) is 18.0 Å². The number of nitrogens with zero attached hydrogens (tertiary/aromatic N) is 1. The average molecular weight is 319 g/mol. The molecule has 0 aromatic heterocycles. The van der Waals surface area contributed by atoms with Crippen molar-refractivity contribution in [3.05, 3.63) is 0 Å². The molecule has 0 aromatic carbocycles. The first kappa shape index (κ1) is 15.4. The first-order valence-electron chi connectivity index (χ1n) is 6.72. The van der Waals surface area contributed by atoms with Crippen LogP contribution in [0.4, 0.5) is 0 Å². The molecule has 2 fully saturated rings. The molecule has 2 aliphatic heterocycles. The Morgan fingerprint density at radius 2 is 2.00 bits per heavy atom. The van der Waals surface area contributed by atoms with Gasteiger partial charge in [-0.05, 0) is 44.6 Å². The summed E-state index contributed by atoms with van der Waals surface area (Å²) >= 11 is 8.76. The molecule has 2 saturated heterocycles. The lowest BCUT2D eigenvalue weighted by atomic mass is 9.94. The van der Waals surface area contributed by atoms with Crippen LogP contribution in [0.2, 0.25) is 0 Å². The molecule has 2 heterocycles. The van der Waals surface area contributed by atoms with E-state index in [0.29, 0.717) is 10.9 Å². The number of hydrogen-bond acceptors (Lipinski definition) is 4. The molecule has 2 rings (SSSR count). The van der Waals surface area contributed by atoms with E-state index in [-0.39, 0.29) is 9.49 Å². The van der Waals surface area contributed by atoms with Crippen molar-refractivity contribution in [3.63, 3.8) is 0 Å². The summed E-state index contributed by atoms with van der Waals surface area (Å²) in [5.74, 6) is 1.42. The number of carbonyl (C=O) groups is 1. The van der Waals surface area contributed by atoms with Gasteiger partial charge in [0.05, 0.1) is 14.5 Å². The average Bonchev–Trinajstić information content (AvgIpc) is 2.86. The van der Waals surface area contributed by atoms with Crippen LogP contribution in [0.3, 0.4) is 0 Å². The summed E-state index contributed by atoms with van der Waals surface area (Å²) in [5, 5.41) is 0. The molecule has 0 aromatic rings. The molecule has 0 aliphatic carbocycles. The Hall–Kier alpha value is 0.0600. The highest BCUT2D eigenvalue weighted by Crippen LogP contribution is 2.41. The second-order valence-corrected chi connectivity index (χ2v) is 8.77. The third-order valence-corrected chi connectivity index (χ3v) is 7.81. The Balaban J connectivity index is 2.00. The summed E-state index contributed by atoms with van der Waals surface area (Å²) in [5.41, 5.74) is 5.89. The van der Waals surface area contributed by atoms with Crippen LogP contribution >= 0.6 is 35.7 Å². The summed E-state index contributed by atoms with van der Waals surface area (Å²) in [7, 11) is 0. The smallest absolute Gasteiger partial charge is 0.238 e. The molecule has 0 saturated carbocycles. The Morgan fingerprint density at radius 1 is 1.37 bits per heavy atom. The van der Waals surface area contributed by atoms with Crippen LogP contribution in [0.5, 0.6) is 0 Å². The molecular formula is C13H22N2OS3. The van der Waals surface area contributed by atoms with Gasteiger partial charge in [-0.25, -0.2) is 0 Å². The van der Waals surface area contributed by atoms with Crippen molar-refractivity contribution in [1.29, 1.82) is 0 Å². The van der Waals surface area contributed by atoms with Crippen LogP contribution in [0, 0.1) is 0 Å². The van der Waals surface area contributed by atoms with Gasteiger partial charge in [0.2, 0.25) is 5.91 Å². The topological polar surface area (TPSA) is 46.3 Å². The summed E-state index contributed by atoms with van der Waals surface area (Å²) in [6.07, 6.45) is 6.00. The minimum absolute atomic E-state index is 0.101. The van der Waals surface area contributed by atoms with Gasteiger partial charge in [-0.15, -0.1) is 11.8 Å². The van der Waals surface area contributed by atoms with Gasteiger partial charge < -0.3 is 10.6 Å². The van der Waals surface area contributed by atoms with Gasteiger partial charge in [0.1, 0.15) is 0 Å². The second-order valence-electron chi connectivity index (χ2n) is 5.54. The third kappa shape index (κ3) is 2.90. The maximum Gasteiger partial charge on any atom is 0.238 e. The van der Waals surface area contributed by atoms with E-state index in [1.54, 1.807) is 11.8 Å². The molecule has 1 amide bonds. The predicted octanol–water partition coefficient (Wildman–Crippen LogP) is 2.28. The number of nitrogens with two attached hydrogens (primary N) is 1. The maximum absolute atomic E-state index is 12.6. The minimum Gasteiger partial charge on any atom is -0.392 e. The standard InChI is InChI=1S/C13H22N2OS3/c1-12(4-3-9-19-12)11(16)15-7-5-13(18-2,6-8-15)10(14)17/h3-9H2,1-2H3,(H2,14,17). The van der Waals surface area contributed by atoms with Crippen molar-refractivity contribution in [3.8, 4) is 0 Å². The Labute approximate surface area is 129 Å². The zero-order valence-electron chi connectivity index (χ0n) is 11.6.